The van der Waals surface area contributed by atoms with Gasteiger partial charge in [-0.2, -0.15) is 0 Å². The van der Waals surface area contributed by atoms with E-state index in [1.807, 2.05) is 13.0 Å². The van der Waals surface area contributed by atoms with E-state index in [2.05, 4.69) is 31.0 Å². The summed E-state index contributed by atoms with van der Waals surface area (Å²) in [7, 11) is -2.19. The van der Waals surface area contributed by atoms with Crippen LogP contribution < -0.4 is 10.5 Å². The van der Waals surface area contributed by atoms with Gasteiger partial charge in [-0.1, -0.05) is 17.3 Å². The summed E-state index contributed by atoms with van der Waals surface area (Å²) in [5.74, 6) is 0. The highest BCUT2D eigenvalue weighted by molar-refractivity contribution is 9.10. The van der Waals surface area contributed by atoms with E-state index in [-0.39, 0.29) is 16.2 Å². The Labute approximate surface area is 125 Å². The Hall–Kier alpha value is -1.45. The number of nitrogens with one attached hydrogen (secondary N) is 1. The van der Waals surface area contributed by atoms with E-state index in [0.29, 0.717) is 5.69 Å². The van der Waals surface area contributed by atoms with Crippen LogP contribution in [0.2, 0.25) is 0 Å². The molecule has 0 spiro atoms. The monoisotopic (exact) mass is 359 g/mol. The molecular formula is C11H14BrN5O2S. The fraction of sp³-hybridized carbons (Fsp3) is 0.273. The van der Waals surface area contributed by atoms with Crippen LogP contribution in [0, 0.1) is 6.92 Å². The summed E-state index contributed by atoms with van der Waals surface area (Å²) in [6.07, 6.45) is 0. The zero-order chi connectivity index (χ0) is 14.9. The Morgan fingerprint density at radius 1 is 1.45 bits per heavy atom. The van der Waals surface area contributed by atoms with Gasteiger partial charge in [-0.15, -0.1) is 5.10 Å². The first-order valence-corrected chi connectivity index (χ1v) is 7.99. The molecular weight excluding hydrogens is 346 g/mol. The van der Waals surface area contributed by atoms with Crippen molar-refractivity contribution in [2.75, 3.05) is 5.73 Å². The SMILES string of the molecule is Cc1c(N)cccc1CNS(=O)(=O)c1c(Br)nnn1C. The van der Waals surface area contributed by atoms with Gasteiger partial charge in [0.15, 0.2) is 4.60 Å². The van der Waals surface area contributed by atoms with Crippen molar-refractivity contribution in [2.24, 2.45) is 7.05 Å². The number of rotatable bonds is 4. The number of nitrogen functional groups attached to an aromatic ring is 1. The van der Waals surface area contributed by atoms with Gasteiger partial charge in [0.05, 0.1) is 0 Å². The van der Waals surface area contributed by atoms with E-state index in [4.69, 9.17) is 5.73 Å². The number of nitrogens with zero attached hydrogens (tertiary/aromatic N) is 3. The van der Waals surface area contributed by atoms with Crippen LogP contribution in [-0.2, 0) is 23.6 Å². The molecule has 0 saturated heterocycles. The minimum atomic E-state index is -3.71. The molecule has 0 aliphatic rings. The quantitative estimate of drug-likeness (QED) is 0.791. The normalized spacial score (nSPS) is 11.8. The fourth-order valence-corrected chi connectivity index (χ4v) is 3.84. The minimum Gasteiger partial charge on any atom is -0.399 e. The number of halogens is 1. The molecule has 7 nitrogen and oxygen atoms in total. The Morgan fingerprint density at radius 2 is 2.15 bits per heavy atom. The number of anilines is 1. The zero-order valence-electron chi connectivity index (χ0n) is 11.0. The number of hydrogen-bond acceptors (Lipinski definition) is 5. The molecule has 2 aromatic rings. The summed E-state index contributed by atoms with van der Waals surface area (Å²) in [5.41, 5.74) is 8.10. The molecule has 2 rings (SSSR count). The van der Waals surface area contributed by atoms with Crippen molar-refractivity contribution in [1.82, 2.24) is 19.7 Å². The summed E-state index contributed by atoms with van der Waals surface area (Å²) >= 11 is 3.07. The van der Waals surface area contributed by atoms with E-state index in [1.165, 1.54) is 11.7 Å². The van der Waals surface area contributed by atoms with E-state index >= 15 is 0 Å². The van der Waals surface area contributed by atoms with Gasteiger partial charge in [-0.25, -0.2) is 17.8 Å². The van der Waals surface area contributed by atoms with Gasteiger partial charge in [0.1, 0.15) is 0 Å². The average molecular weight is 360 g/mol. The van der Waals surface area contributed by atoms with E-state index in [9.17, 15) is 8.42 Å². The molecule has 0 saturated carbocycles. The molecule has 0 radical (unpaired) electrons. The maximum absolute atomic E-state index is 12.2. The lowest BCUT2D eigenvalue weighted by Gasteiger charge is -2.10. The third-order valence-corrected chi connectivity index (χ3v) is 5.22. The number of sulfonamides is 1. The second-order valence-electron chi connectivity index (χ2n) is 4.26. The Bertz CT molecular complexity index is 722. The zero-order valence-corrected chi connectivity index (χ0v) is 13.4. The van der Waals surface area contributed by atoms with Crippen LogP contribution in [0.25, 0.3) is 0 Å². The van der Waals surface area contributed by atoms with Crippen molar-refractivity contribution in [2.45, 2.75) is 18.5 Å². The van der Waals surface area contributed by atoms with Crippen LogP contribution in [0.1, 0.15) is 11.1 Å². The lowest BCUT2D eigenvalue weighted by atomic mass is 10.1. The maximum atomic E-state index is 12.2. The van der Waals surface area contributed by atoms with Crippen LogP contribution >= 0.6 is 15.9 Å². The van der Waals surface area contributed by atoms with E-state index in [1.54, 1.807) is 12.1 Å². The van der Waals surface area contributed by atoms with Crippen molar-refractivity contribution in [1.29, 1.82) is 0 Å². The van der Waals surface area contributed by atoms with E-state index < -0.39 is 10.0 Å². The molecule has 108 valence electrons. The van der Waals surface area contributed by atoms with E-state index in [0.717, 1.165) is 11.1 Å². The first-order chi connectivity index (χ1) is 9.33. The standard InChI is InChI=1S/C11H14BrN5O2S/c1-7-8(4-3-5-9(7)13)6-14-20(18,19)11-10(12)15-16-17(11)2/h3-5,14H,6,13H2,1-2H3. The number of benzene rings is 1. The molecule has 1 aromatic heterocycles. The van der Waals surface area contributed by atoms with Crippen LogP contribution in [0.15, 0.2) is 27.8 Å². The first-order valence-electron chi connectivity index (χ1n) is 5.71. The van der Waals surface area contributed by atoms with Crippen molar-refractivity contribution < 1.29 is 8.42 Å². The summed E-state index contributed by atoms with van der Waals surface area (Å²) in [6.45, 7) is 2.00. The highest BCUT2D eigenvalue weighted by Gasteiger charge is 2.23. The highest BCUT2D eigenvalue weighted by Crippen LogP contribution is 2.19. The third-order valence-electron chi connectivity index (χ3n) is 2.93. The number of aromatic nitrogens is 3. The highest BCUT2D eigenvalue weighted by atomic mass is 79.9. The number of hydrogen-bond donors (Lipinski definition) is 2. The molecule has 0 aliphatic carbocycles. The van der Waals surface area contributed by atoms with Crippen LogP contribution in [0.5, 0.6) is 0 Å². The third kappa shape index (κ3) is 2.84. The summed E-state index contributed by atoms with van der Waals surface area (Å²) < 4.78 is 28.3. The van der Waals surface area contributed by atoms with Gasteiger partial charge < -0.3 is 5.73 Å². The molecule has 0 amide bonds. The number of aryl methyl sites for hydroxylation is 1. The number of nitrogens with two attached hydrogens (primary N) is 1. The van der Waals surface area contributed by atoms with Gasteiger partial charge in [0.2, 0.25) is 5.03 Å². The molecule has 0 atom stereocenters. The predicted molar refractivity (Wildman–Crippen MR) is 78.3 cm³/mol. The lowest BCUT2D eigenvalue weighted by molar-refractivity contribution is 0.560. The summed E-state index contributed by atoms with van der Waals surface area (Å²) in [5, 5.41) is 7.29. The molecule has 3 N–H and O–H groups in total. The van der Waals surface area contributed by atoms with Gasteiger partial charge in [0.25, 0.3) is 10.0 Å². The molecule has 0 unspecified atom stereocenters. The minimum absolute atomic E-state index is 0.0148. The van der Waals surface area contributed by atoms with Crippen LogP contribution in [-0.4, -0.2) is 23.4 Å². The lowest BCUT2D eigenvalue weighted by Crippen LogP contribution is -2.26. The maximum Gasteiger partial charge on any atom is 0.260 e. The van der Waals surface area contributed by atoms with Crippen molar-refractivity contribution >= 4 is 31.6 Å². The van der Waals surface area contributed by atoms with Gasteiger partial charge in [-0.3, -0.25) is 0 Å². The van der Waals surface area contributed by atoms with Gasteiger partial charge in [-0.05, 0) is 40.0 Å². The summed E-state index contributed by atoms with van der Waals surface area (Å²) in [6, 6.07) is 5.38. The average Bonchev–Trinajstić information content (AvgIpc) is 2.71. The van der Waals surface area contributed by atoms with Crippen LogP contribution in [0.4, 0.5) is 5.69 Å². The largest absolute Gasteiger partial charge is 0.399 e. The molecule has 1 heterocycles. The molecule has 20 heavy (non-hydrogen) atoms. The first kappa shape index (κ1) is 14.9. The topological polar surface area (TPSA) is 103 Å². The van der Waals surface area contributed by atoms with Crippen molar-refractivity contribution in [3.63, 3.8) is 0 Å². The fourth-order valence-electron chi connectivity index (χ4n) is 1.74. The van der Waals surface area contributed by atoms with Gasteiger partial charge >= 0.3 is 0 Å². The molecule has 9 heteroatoms. The predicted octanol–water partition coefficient (Wildman–Crippen LogP) is 0.947. The second kappa shape index (κ2) is 5.51. The van der Waals surface area contributed by atoms with Gasteiger partial charge in [0, 0.05) is 19.3 Å². The molecule has 0 fully saturated rings. The summed E-state index contributed by atoms with van der Waals surface area (Å²) in [4.78, 5) is 0. The Kier molecular flexibility index (Phi) is 4.11. The molecule has 1 aromatic carbocycles. The van der Waals surface area contributed by atoms with Crippen LogP contribution in [0.3, 0.4) is 0 Å². The Balaban J connectivity index is 2.24. The Morgan fingerprint density at radius 3 is 2.75 bits per heavy atom. The molecule has 0 aliphatic heterocycles. The van der Waals surface area contributed by atoms with Crippen molar-refractivity contribution in [3.05, 3.63) is 33.9 Å². The molecule has 0 bridgehead atoms. The second-order valence-corrected chi connectivity index (χ2v) is 6.70. The van der Waals surface area contributed by atoms with Crippen molar-refractivity contribution in [3.8, 4) is 0 Å². The smallest absolute Gasteiger partial charge is 0.260 e.